The van der Waals surface area contributed by atoms with Crippen LogP contribution in [0.2, 0.25) is 0 Å². The maximum absolute atomic E-state index is 12.3. The van der Waals surface area contributed by atoms with Crippen LogP contribution in [0, 0.1) is 10.1 Å². The fraction of sp³-hybridized carbons (Fsp3) is 0.600. The number of hydrogen-bond acceptors (Lipinski definition) is 5. The van der Waals surface area contributed by atoms with Crippen LogP contribution >= 0.6 is 0 Å². The van der Waals surface area contributed by atoms with Crippen LogP contribution in [0.4, 0.5) is 10.5 Å². The molecule has 1 aliphatic rings. The first-order valence-electron chi connectivity index (χ1n) is 7.38. The SMILES string of the molecule is CC(C)(C)OC(=O)N1CCCC[C@@H]1c1ccc([N+](=O)[O-])cn1. The van der Waals surface area contributed by atoms with E-state index in [0.29, 0.717) is 12.2 Å². The molecule has 0 saturated carbocycles. The summed E-state index contributed by atoms with van der Waals surface area (Å²) in [5.74, 6) is 0. The Morgan fingerprint density at radius 1 is 1.41 bits per heavy atom. The second-order valence-electron chi connectivity index (χ2n) is 6.38. The molecule has 0 radical (unpaired) electrons. The van der Waals surface area contributed by atoms with Crippen LogP contribution in [0.1, 0.15) is 51.8 Å². The number of pyridine rings is 1. The lowest BCUT2D eigenvalue weighted by atomic mass is 9.99. The molecule has 120 valence electrons. The van der Waals surface area contributed by atoms with E-state index in [0.717, 1.165) is 19.3 Å². The molecular formula is C15H21N3O4. The second-order valence-corrected chi connectivity index (χ2v) is 6.38. The molecule has 1 aliphatic heterocycles. The Bertz CT molecular complexity index is 551. The first kappa shape index (κ1) is 16.2. The molecule has 0 aromatic carbocycles. The average Bonchev–Trinajstić information content (AvgIpc) is 2.45. The lowest BCUT2D eigenvalue weighted by molar-refractivity contribution is -0.385. The fourth-order valence-corrected chi connectivity index (χ4v) is 2.48. The van der Waals surface area contributed by atoms with Gasteiger partial charge < -0.3 is 4.74 Å². The molecule has 0 aliphatic carbocycles. The van der Waals surface area contributed by atoms with E-state index >= 15 is 0 Å². The fourth-order valence-electron chi connectivity index (χ4n) is 2.48. The Kier molecular flexibility index (Phi) is 4.63. The van der Waals surface area contributed by atoms with Crippen LogP contribution in [0.3, 0.4) is 0 Å². The summed E-state index contributed by atoms with van der Waals surface area (Å²) in [7, 11) is 0. The van der Waals surface area contributed by atoms with E-state index < -0.39 is 10.5 Å². The smallest absolute Gasteiger partial charge is 0.410 e. The summed E-state index contributed by atoms with van der Waals surface area (Å²) < 4.78 is 5.44. The highest BCUT2D eigenvalue weighted by atomic mass is 16.6. The second kappa shape index (κ2) is 6.29. The molecule has 2 heterocycles. The molecule has 1 saturated heterocycles. The molecule has 0 spiro atoms. The van der Waals surface area contributed by atoms with Crippen LogP contribution in [0.5, 0.6) is 0 Å². The maximum atomic E-state index is 12.3. The third-order valence-corrected chi connectivity index (χ3v) is 3.45. The average molecular weight is 307 g/mol. The summed E-state index contributed by atoms with van der Waals surface area (Å²) >= 11 is 0. The maximum Gasteiger partial charge on any atom is 0.410 e. The summed E-state index contributed by atoms with van der Waals surface area (Å²) in [6, 6.07) is 2.85. The van der Waals surface area contributed by atoms with Gasteiger partial charge in [0.2, 0.25) is 0 Å². The van der Waals surface area contributed by atoms with E-state index in [-0.39, 0.29) is 17.8 Å². The lowest BCUT2D eigenvalue weighted by Gasteiger charge is -2.36. The Balaban J connectivity index is 2.19. The highest BCUT2D eigenvalue weighted by Crippen LogP contribution is 2.31. The number of hydrogen-bond donors (Lipinski definition) is 0. The number of ether oxygens (including phenoxy) is 1. The largest absolute Gasteiger partial charge is 0.444 e. The van der Waals surface area contributed by atoms with Crippen LogP contribution in [0.25, 0.3) is 0 Å². The van der Waals surface area contributed by atoms with Gasteiger partial charge in [-0.2, -0.15) is 0 Å². The van der Waals surface area contributed by atoms with Crippen molar-refractivity contribution in [1.82, 2.24) is 9.88 Å². The number of likely N-dealkylation sites (tertiary alicyclic amines) is 1. The van der Waals surface area contributed by atoms with Gasteiger partial charge in [-0.3, -0.25) is 20.0 Å². The van der Waals surface area contributed by atoms with Gasteiger partial charge in [-0.05, 0) is 46.1 Å². The van der Waals surface area contributed by atoms with Gasteiger partial charge in [0.1, 0.15) is 11.8 Å². The van der Waals surface area contributed by atoms with Gasteiger partial charge in [0.25, 0.3) is 5.69 Å². The third kappa shape index (κ3) is 3.93. The molecule has 0 N–H and O–H groups in total. The molecule has 1 atom stereocenters. The van der Waals surface area contributed by atoms with Crippen molar-refractivity contribution >= 4 is 11.8 Å². The minimum Gasteiger partial charge on any atom is -0.444 e. The number of nitrogens with zero attached hydrogens (tertiary/aromatic N) is 3. The van der Waals surface area contributed by atoms with Gasteiger partial charge >= 0.3 is 6.09 Å². The summed E-state index contributed by atoms with van der Waals surface area (Å²) in [4.78, 5) is 28.4. The van der Waals surface area contributed by atoms with Crippen molar-refractivity contribution in [2.24, 2.45) is 0 Å². The minimum atomic E-state index is -0.554. The predicted molar refractivity (Wildman–Crippen MR) is 80.4 cm³/mol. The van der Waals surface area contributed by atoms with Crippen molar-refractivity contribution in [2.45, 2.75) is 51.7 Å². The minimum absolute atomic E-state index is 0.0524. The van der Waals surface area contributed by atoms with Crippen molar-refractivity contribution in [3.8, 4) is 0 Å². The molecule has 7 nitrogen and oxygen atoms in total. The lowest BCUT2D eigenvalue weighted by Crippen LogP contribution is -2.42. The van der Waals surface area contributed by atoms with Crippen molar-refractivity contribution in [1.29, 1.82) is 0 Å². The van der Waals surface area contributed by atoms with Crippen molar-refractivity contribution in [3.05, 3.63) is 34.1 Å². The zero-order chi connectivity index (χ0) is 16.3. The third-order valence-electron chi connectivity index (χ3n) is 3.45. The van der Waals surface area contributed by atoms with E-state index in [4.69, 9.17) is 4.74 Å². The van der Waals surface area contributed by atoms with E-state index in [1.54, 1.807) is 11.0 Å². The normalized spacial score (nSPS) is 18.9. The molecular weight excluding hydrogens is 286 g/mol. The van der Waals surface area contributed by atoms with E-state index in [2.05, 4.69) is 4.98 Å². The molecule has 1 fully saturated rings. The standard InChI is InChI=1S/C15H21N3O4/c1-15(2,3)22-14(19)17-9-5-4-6-13(17)12-8-7-11(10-16-12)18(20)21/h7-8,10,13H,4-6,9H2,1-3H3/t13-/m1/s1. The molecule has 0 bridgehead atoms. The first-order valence-corrected chi connectivity index (χ1v) is 7.38. The van der Waals surface area contributed by atoms with Crippen molar-refractivity contribution in [2.75, 3.05) is 6.54 Å². The predicted octanol–water partition coefficient (Wildman–Crippen LogP) is 3.45. The molecule has 1 amide bonds. The van der Waals surface area contributed by atoms with Crippen LogP contribution < -0.4 is 0 Å². The Labute approximate surface area is 129 Å². The number of carbonyl (C=O) groups excluding carboxylic acids is 1. The van der Waals surface area contributed by atoms with E-state index in [9.17, 15) is 14.9 Å². The molecule has 1 aromatic rings. The topological polar surface area (TPSA) is 85.6 Å². The van der Waals surface area contributed by atoms with E-state index in [1.807, 2.05) is 20.8 Å². The number of piperidine rings is 1. The number of amides is 1. The Hall–Kier alpha value is -2.18. The van der Waals surface area contributed by atoms with Gasteiger partial charge in [-0.25, -0.2) is 4.79 Å². The molecule has 22 heavy (non-hydrogen) atoms. The van der Waals surface area contributed by atoms with Gasteiger partial charge in [0.05, 0.1) is 16.7 Å². The monoisotopic (exact) mass is 307 g/mol. The van der Waals surface area contributed by atoms with Gasteiger partial charge in [0.15, 0.2) is 0 Å². The van der Waals surface area contributed by atoms with Crippen molar-refractivity contribution < 1.29 is 14.5 Å². The quantitative estimate of drug-likeness (QED) is 0.617. The Morgan fingerprint density at radius 2 is 2.14 bits per heavy atom. The number of aromatic nitrogens is 1. The number of carbonyl (C=O) groups is 1. The summed E-state index contributed by atoms with van der Waals surface area (Å²) in [5.41, 5.74) is 0.0571. The number of nitro groups is 1. The van der Waals surface area contributed by atoms with Crippen molar-refractivity contribution in [3.63, 3.8) is 0 Å². The molecule has 1 aromatic heterocycles. The Morgan fingerprint density at radius 3 is 2.68 bits per heavy atom. The van der Waals surface area contributed by atoms with Crippen LogP contribution in [-0.2, 0) is 4.74 Å². The van der Waals surface area contributed by atoms with Gasteiger partial charge in [-0.15, -0.1) is 0 Å². The first-order chi connectivity index (χ1) is 10.3. The highest BCUT2D eigenvalue weighted by molar-refractivity contribution is 5.69. The summed E-state index contributed by atoms with van der Waals surface area (Å²) in [6.07, 6.45) is 3.56. The zero-order valence-corrected chi connectivity index (χ0v) is 13.1. The highest BCUT2D eigenvalue weighted by Gasteiger charge is 2.32. The summed E-state index contributed by atoms with van der Waals surface area (Å²) in [5, 5.41) is 10.7. The van der Waals surface area contributed by atoms with E-state index in [1.165, 1.54) is 12.3 Å². The van der Waals surface area contributed by atoms with Gasteiger partial charge in [0, 0.05) is 12.6 Å². The van der Waals surface area contributed by atoms with Crippen LogP contribution in [-0.4, -0.2) is 33.0 Å². The van der Waals surface area contributed by atoms with Gasteiger partial charge in [-0.1, -0.05) is 0 Å². The summed E-state index contributed by atoms with van der Waals surface area (Å²) in [6.45, 7) is 6.09. The molecule has 0 unspecified atom stereocenters. The number of rotatable bonds is 2. The zero-order valence-electron chi connectivity index (χ0n) is 13.1. The molecule has 2 rings (SSSR count). The molecule has 7 heteroatoms. The van der Waals surface area contributed by atoms with Crippen LogP contribution in [0.15, 0.2) is 18.3 Å².